The average Bonchev–Trinajstić information content (AvgIpc) is 2.95. The Bertz CT molecular complexity index is 1580. The van der Waals surface area contributed by atoms with Gasteiger partial charge in [0.05, 0.1) is 28.1 Å². The van der Waals surface area contributed by atoms with Gasteiger partial charge in [-0.25, -0.2) is 10.2 Å². The van der Waals surface area contributed by atoms with Crippen molar-refractivity contribution in [2.75, 3.05) is 10.6 Å². The molecule has 9 nitrogen and oxygen atoms in total. The molecule has 40 heavy (non-hydrogen) atoms. The minimum Gasteiger partial charge on any atom is -0.423 e. The molecule has 0 heterocycles. The SMILES string of the molecule is Cc1ccc(NC(=O)c2ccccc2NC(=O)C(=O)NN=Cc2ccc(OC(=O)c3ccccc3Cl)cc2)cc1. The largest absolute Gasteiger partial charge is 0.423 e. The molecule has 0 unspecified atom stereocenters. The van der Waals surface area contributed by atoms with E-state index < -0.39 is 23.7 Å². The Balaban J connectivity index is 1.31. The van der Waals surface area contributed by atoms with Gasteiger partial charge in [0.1, 0.15) is 5.75 Å². The molecule has 4 aromatic carbocycles. The number of anilines is 2. The number of esters is 1. The minimum absolute atomic E-state index is 0.165. The summed E-state index contributed by atoms with van der Waals surface area (Å²) in [7, 11) is 0. The van der Waals surface area contributed by atoms with Crippen LogP contribution in [0.15, 0.2) is 102 Å². The molecule has 0 aliphatic carbocycles. The second kappa shape index (κ2) is 13.0. The standard InChI is InChI=1S/C30H23ClN4O5/c1-19-10-14-21(15-11-19)33-27(36)24-7-3-5-9-26(24)34-28(37)29(38)35-32-18-20-12-16-22(17-13-20)40-30(39)23-6-2-4-8-25(23)31/h2-18H,1H3,(H,33,36)(H,34,37)(H,35,38). The van der Waals surface area contributed by atoms with Crippen LogP contribution in [-0.4, -0.2) is 29.9 Å². The third kappa shape index (κ3) is 7.40. The summed E-state index contributed by atoms with van der Waals surface area (Å²) in [6.07, 6.45) is 1.31. The van der Waals surface area contributed by atoms with Gasteiger partial charge >= 0.3 is 17.8 Å². The van der Waals surface area contributed by atoms with E-state index in [1.54, 1.807) is 72.8 Å². The summed E-state index contributed by atoms with van der Waals surface area (Å²) in [5, 5.41) is 9.26. The van der Waals surface area contributed by atoms with Crippen LogP contribution in [0.4, 0.5) is 11.4 Å². The van der Waals surface area contributed by atoms with Gasteiger partial charge in [0.15, 0.2) is 0 Å². The van der Waals surface area contributed by atoms with E-state index in [-0.39, 0.29) is 27.6 Å². The molecule has 3 amide bonds. The first-order valence-electron chi connectivity index (χ1n) is 12.0. The first-order valence-corrected chi connectivity index (χ1v) is 12.4. The normalized spacial score (nSPS) is 10.6. The van der Waals surface area contributed by atoms with Crippen LogP contribution >= 0.6 is 11.6 Å². The maximum atomic E-state index is 12.8. The van der Waals surface area contributed by atoms with Gasteiger partial charge in [-0.05, 0) is 73.2 Å². The molecule has 0 saturated carbocycles. The number of aryl methyl sites for hydroxylation is 1. The van der Waals surface area contributed by atoms with E-state index in [1.807, 2.05) is 19.1 Å². The summed E-state index contributed by atoms with van der Waals surface area (Å²) < 4.78 is 5.31. The lowest BCUT2D eigenvalue weighted by Crippen LogP contribution is -2.33. The number of nitrogens with zero attached hydrogens (tertiary/aromatic N) is 1. The Morgan fingerprint density at radius 1 is 0.750 bits per heavy atom. The number of rotatable bonds is 7. The number of ether oxygens (including phenoxy) is 1. The summed E-state index contributed by atoms with van der Waals surface area (Å²) in [4.78, 5) is 49.7. The van der Waals surface area contributed by atoms with Crippen LogP contribution in [0.2, 0.25) is 5.02 Å². The van der Waals surface area contributed by atoms with Gasteiger partial charge in [0.2, 0.25) is 0 Å². The van der Waals surface area contributed by atoms with Crippen molar-refractivity contribution < 1.29 is 23.9 Å². The number of halogens is 1. The van der Waals surface area contributed by atoms with Crippen molar-refractivity contribution in [3.63, 3.8) is 0 Å². The molecule has 0 atom stereocenters. The number of carbonyl (C=O) groups is 4. The second-order valence-corrected chi connectivity index (χ2v) is 8.86. The molecule has 10 heteroatoms. The summed E-state index contributed by atoms with van der Waals surface area (Å²) in [6, 6.07) is 26.4. The summed E-state index contributed by atoms with van der Waals surface area (Å²) in [6.45, 7) is 1.94. The fourth-order valence-corrected chi connectivity index (χ4v) is 3.64. The molecule has 4 rings (SSSR count). The Labute approximate surface area is 234 Å². The molecule has 200 valence electrons. The summed E-state index contributed by atoms with van der Waals surface area (Å²) in [5.74, 6) is -2.79. The van der Waals surface area contributed by atoms with Crippen LogP contribution in [0.25, 0.3) is 0 Å². The predicted molar refractivity (Wildman–Crippen MR) is 153 cm³/mol. The molecular weight excluding hydrogens is 532 g/mol. The number of benzene rings is 4. The topological polar surface area (TPSA) is 126 Å². The van der Waals surface area contributed by atoms with Crippen LogP contribution < -0.4 is 20.8 Å². The number of nitrogens with one attached hydrogen (secondary N) is 3. The fraction of sp³-hybridized carbons (Fsp3) is 0.0333. The first kappa shape index (κ1) is 27.7. The van der Waals surface area contributed by atoms with Crippen molar-refractivity contribution in [2.24, 2.45) is 5.10 Å². The summed E-state index contributed by atoms with van der Waals surface area (Å²) >= 11 is 6.02. The molecule has 0 bridgehead atoms. The molecule has 0 spiro atoms. The zero-order chi connectivity index (χ0) is 28.5. The molecule has 0 aliphatic heterocycles. The molecule has 0 saturated heterocycles. The number of hydrogen-bond acceptors (Lipinski definition) is 6. The Morgan fingerprint density at radius 2 is 1.40 bits per heavy atom. The van der Waals surface area contributed by atoms with Crippen molar-refractivity contribution in [3.05, 3.63) is 124 Å². The Morgan fingerprint density at radius 3 is 2.10 bits per heavy atom. The van der Waals surface area contributed by atoms with E-state index in [4.69, 9.17) is 16.3 Å². The van der Waals surface area contributed by atoms with E-state index in [9.17, 15) is 19.2 Å². The van der Waals surface area contributed by atoms with Crippen molar-refractivity contribution in [1.82, 2.24) is 5.43 Å². The molecule has 0 fully saturated rings. The molecule has 0 aliphatic rings. The van der Waals surface area contributed by atoms with Gasteiger partial charge in [-0.2, -0.15) is 5.10 Å². The number of hydrazone groups is 1. The lowest BCUT2D eigenvalue weighted by atomic mass is 10.1. The second-order valence-electron chi connectivity index (χ2n) is 8.46. The monoisotopic (exact) mass is 554 g/mol. The molecular formula is C30H23ClN4O5. The average molecular weight is 555 g/mol. The van der Waals surface area contributed by atoms with Crippen molar-refractivity contribution >= 4 is 52.9 Å². The quantitative estimate of drug-likeness (QED) is 0.0950. The number of hydrogen-bond donors (Lipinski definition) is 3. The highest BCUT2D eigenvalue weighted by molar-refractivity contribution is 6.40. The molecule has 4 aromatic rings. The highest BCUT2D eigenvalue weighted by Crippen LogP contribution is 2.20. The molecule has 0 aromatic heterocycles. The van der Waals surface area contributed by atoms with E-state index in [0.29, 0.717) is 11.3 Å². The highest BCUT2D eigenvalue weighted by atomic mass is 35.5. The van der Waals surface area contributed by atoms with Crippen LogP contribution in [0.5, 0.6) is 5.75 Å². The maximum absolute atomic E-state index is 12.8. The first-order chi connectivity index (χ1) is 19.3. The van der Waals surface area contributed by atoms with Crippen LogP contribution in [0, 0.1) is 6.92 Å². The fourth-order valence-electron chi connectivity index (χ4n) is 3.43. The number of amides is 3. The Kier molecular flexibility index (Phi) is 9.01. The van der Waals surface area contributed by atoms with Crippen molar-refractivity contribution in [2.45, 2.75) is 6.92 Å². The minimum atomic E-state index is -1.03. The maximum Gasteiger partial charge on any atom is 0.345 e. The van der Waals surface area contributed by atoms with Crippen LogP contribution in [0.3, 0.4) is 0 Å². The molecule has 3 N–H and O–H groups in total. The summed E-state index contributed by atoms with van der Waals surface area (Å²) in [5.41, 5.74) is 4.93. The van der Waals surface area contributed by atoms with E-state index in [0.717, 1.165) is 5.56 Å². The Hall–Kier alpha value is -5.28. The van der Waals surface area contributed by atoms with Crippen LogP contribution in [0.1, 0.15) is 31.8 Å². The van der Waals surface area contributed by atoms with Crippen molar-refractivity contribution in [3.8, 4) is 5.75 Å². The number of carbonyl (C=O) groups excluding carboxylic acids is 4. The smallest absolute Gasteiger partial charge is 0.345 e. The van der Waals surface area contributed by atoms with Crippen molar-refractivity contribution in [1.29, 1.82) is 0 Å². The number of para-hydroxylation sites is 1. The predicted octanol–water partition coefficient (Wildman–Crippen LogP) is 5.21. The van der Waals surface area contributed by atoms with Crippen LogP contribution in [-0.2, 0) is 9.59 Å². The van der Waals surface area contributed by atoms with Gasteiger partial charge in [-0.15, -0.1) is 0 Å². The molecule has 0 radical (unpaired) electrons. The van der Waals surface area contributed by atoms with Gasteiger partial charge in [-0.3, -0.25) is 14.4 Å². The van der Waals surface area contributed by atoms with E-state index in [2.05, 4.69) is 21.2 Å². The lowest BCUT2D eigenvalue weighted by Gasteiger charge is -2.11. The highest BCUT2D eigenvalue weighted by Gasteiger charge is 2.18. The van der Waals surface area contributed by atoms with Gasteiger partial charge in [0, 0.05) is 5.69 Å². The lowest BCUT2D eigenvalue weighted by molar-refractivity contribution is -0.136. The zero-order valence-corrected chi connectivity index (χ0v) is 21.9. The van der Waals surface area contributed by atoms with E-state index >= 15 is 0 Å². The third-order valence-electron chi connectivity index (χ3n) is 5.50. The third-order valence-corrected chi connectivity index (χ3v) is 5.83. The van der Waals surface area contributed by atoms with E-state index in [1.165, 1.54) is 18.3 Å². The van der Waals surface area contributed by atoms with Gasteiger partial charge < -0.3 is 15.4 Å². The van der Waals surface area contributed by atoms with Gasteiger partial charge in [0.25, 0.3) is 5.91 Å². The van der Waals surface area contributed by atoms with Gasteiger partial charge in [-0.1, -0.05) is 53.6 Å². The zero-order valence-electron chi connectivity index (χ0n) is 21.2.